The Morgan fingerprint density at radius 3 is 2.09 bits per heavy atom. The maximum Gasteiger partial charge on any atom is 0.262 e. The van der Waals surface area contributed by atoms with Crippen LogP contribution in [0.4, 0.5) is 0 Å². The predicted octanol–water partition coefficient (Wildman–Crippen LogP) is 4.35. The van der Waals surface area contributed by atoms with Crippen LogP contribution in [0.5, 0.6) is 0 Å². The van der Waals surface area contributed by atoms with E-state index in [0.717, 1.165) is 5.56 Å². The summed E-state index contributed by atoms with van der Waals surface area (Å²) in [4.78, 5) is 44.9. The zero-order valence-corrected chi connectivity index (χ0v) is 18.1. The van der Waals surface area contributed by atoms with Crippen LogP contribution in [0.3, 0.4) is 0 Å². The van der Waals surface area contributed by atoms with Crippen molar-refractivity contribution in [2.75, 3.05) is 5.88 Å². The molecule has 3 aromatic carbocycles. The number of carbonyl (C=O) groups is 2. The fourth-order valence-corrected chi connectivity index (χ4v) is 4.95. The van der Waals surface area contributed by atoms with Gasteiger partial charge in [-0.1, -0.05) is 66.4 Å². The largest absolute Gasteiger partial charge is 0.280 e. The number of rotatable bonds is 5. The number of fused-ring (bicyclic) bond motifs is 2. The van der Waals surface area contributed by atoms with E-state index in [1.54, 1.807) is 41.0 Å². The summed E-state index contributed by atoms with van der Waals surface area (Å²) in [6, 6.07) is 23.4. The molecule has 5 rings (SSSR count). The summed E-state index contributed by atoms with van der Waals surface area (Å²) in [5.74, 6) is -0.591. The summed E-state index contributed by atoms with van der Waals surface area (Å²) in [6.45, 7) is 1.94. The van der Waals surface area contributed by atoms with Crippen LogP contribution in [0.25, 0.3) is 10.9 Å². The Labute approximate surface area is 188 Å². The summed E-state index contributed by atoms with van der Waals surface area (Å²) in [5, 5.41) is 0.988. The summed E-state index contributed by atoms with van der Waals surface area (Å²) in [5.41, 5.74) is 2.20. The van der Waals surface area contributed by atoms with E-state index < -0.39 is 0 Å². The quantitative estimate of drug-likeness (QED) is 0.262. The van der Waals surface area contributed by atoms with Gasteiger partial charge in [0.15, 0.2) is 5.16 Å². The van der Waals surface area contributed by atoms with Crippen LogP contribution >= 0.6 is 11.8 Å². The molecule has 1 aliphatic heterocycles. The first-order chi connectivity index (χ1) is 15.6. The van der Waals surface area contributed by atoms with Crippen LogP contribution in [0.2, 0.25) is 0 Å². The number of para-hydroxylation sites is 1. The number of imide groups is 1. The van der Waals surface area contributed by atoms with Gasteiger partial charge >= 0.3 is 0 Å². The lowest BCUT2D eigenvalue weighted by Crippen LogP contribution is -2.31. The van der Waals surface area contributed by atoms with Gasteiger partial charge in [-0.25, -0.2) is 4.98 Å². The van der Waals surface area contributed by atoms with Crippen molar-refractivity contribution in [1.29, 1.82) is 0 Å². The van der Waals surface area contributed by atoms with Gasteiger partial charge in [-0.3, -0.25) is 23.9 Å². The Bertz CT molecular complexity index is 1380. The number of hydrogen-bond donors (Lipinski definition) is 0. The molecule has 1 aliphatic rings. The Morgan fingerprint density at radius 1 is 0.812 bits per heavy atom. The molecule has 0 N–H and O–H groups in total. The Morgan fingerprint density at radius 2 is 1.41 bits per heavy atom. The molecule has 6 nitrogen and oxygen atoms in total. The lowest BCUT2D eigenvalue weighted by Gasteiger charge is -2.21. The highest BCUT2D eigenvalue weighted by Crippen LogP contribution is 2.29. The fourth-order valence-electron chi connectivity index (χ4n) is 3.93. The minimum atomic E-state index is -0.330. The molecule has 0 radical (unpaired) electrons. The SMILES string of the molecule is CC(c1ccccc1)n1c(SCN2C(=O)c3ccccc3C2=O)nc2ccccc2c1=O. The molecule has 1 atom stereocenters. The normalized spacial score (nSPS) is 14.1. The van der Waals surface area contributed by atoms with Crippen molar-refractivity contribution in [1.82, 2.24) is 14.5 Å². The second-order valence-corrected chi connectivity index (χ2v) is 8.44. The third-order valence-electron chi connectivity index (χ3n) is 5.65. The molecule has 0 fully saturated rings. The van der Waals surface area contributed by atoms with E-state index >= 15 is 0 Å². The van der Waals surface area contributed by atoms with Crippen molar-refractivity contribution < 1.29 is 9.59 Å². The van der Waals surface area contributed by atoms with E-state index in [4.69, 9.17) is 4.98 Å². The Balaban J connectivity index is 1.54. The summed E-state index contributed by atoms with van der Waals surface area (Å²) in [7, 11) is 0. The zero-order chi connectivity index (χ0) is 22.2. The molecule has 1 aromatic heterocycles. The fraction of sp³-hybridized carbons (Fsp3) is 0.120. The van der Waals surface area contributed by atoms with Crippen LogP contribution in [-0.4, -0.2) is 32.1 Å². The molecule has 4 aromatic rings. The van der Waals surface area contributed by atoms with E-state index in [1.807, 2.05) is 49.4 Å². The molecule has 0 aliphatic carbocycles. The average Bonchev–Trinajstić information content (AvgIpc) is 3.08. The Hall–Kier alpha value is -3.71. The smallest absolute Gasteiger partial charge is 0.262 e. The maximum atomic E-state index is 13.4. The number of carbonyl (C=O) groups excluding carboxylic acids is 2. The van der Waals surface area contributed by atoms with Gasteiger partial charge in [-0.2, -0.15) is 0 Å². The van der Waals surface area contributed by atoms with Crippen LogP contribution in [0.15, 0.2) is 88.8 Å². The number of hydrogen-bond acceptors (Lipinski definition) is 5. The molecule has 0 saturated heterocycles. The molecule has 0 saturated carbocycles. The molecule has 7 heteroatoms. The summed E-state index contributed by atoms with van der Waals surface area (Å²) in [6.07, 6.45) is 0. The standard InChI is InChI=1S/C25H19N3O3S/c1-16(17-9-3-2-4-10-17)28-24(31)20-13-7-8-14-21(20)26-25(28)32-15-27-22(29)18-11-5-6-12-19(18)23(27)30/h2-14,16H,15H2,1H3. The van der Waals surface area contributed by atoms with Crippen LogP contribution in [0.1, 0.15) is 39.2 Å². The molecular weight excluding hydrogens is 422 g/mol. The maximum absolute atomic E-state index is 13.4. The number of thioether (sulfide) groups is 1. The number of nitrogens with zero attached hydrogens (tertiary/aromatic N) is 3. The van der Waals surface area contributed by atoms with Gasteiger partial charge in [0.1, 0.15) is 0 Å². The lowest BCUT2D eigenvalue weighted by molar-refractivity contribution is 0.0684. The molecule has 2 heterocycles. The molecular formula is C25H19N3O3S. The number of aromatic nitrogens is 2. The minimum Gasteiger partial charge on any atom is -0.280 e. The molecule has 0 bridgehead atoms. The summed E-state index contributed by atoms with van der Waals surface area (Å²) < 4.78 is 1.64. The number of benzene rings is 3. The highest BCUT2D eigenvalue weighted by Gasteiger charge is 2.35. The first kappa shape index (κ1) is 20.2. The molecule has 158 valence electrons. The van der Waals surface area contributed by atoms with E-state index in [-0.39, 0.29) is 29.3 Å². The number of amides is 2. The van der Waals surface area contributed by atoms with Crippen LogP contribution < -0.4 is 5.56 Å². The third kappa shape index (κ3) is 3.31. The highest BCUT2D eigenvalue weighted by atomic mass is 32.2. The average molecular weight is 442 g/mol. The topological polar surface area (TPSA) is 72.3 Å². The second-order valence-electron chi connectivity index (χ2n) is 7.53. The van der Waals surface area contributed by atoms with E-state index in [2.05, 4.69) is 0 Å². The Kier molecular flexibility index (Phi) is 5.11. The van der Waals surface area contributed by atoms with Gasteiger partial charge in [0.2, 0.25) is 0 Å². The molecule has 32 heavy (non-hydrogen) atoms. The monoisotopic (exact) mass is 441 g/mol. The van der Waals surface area contributed by atoms with E-state index in [9.17, 15) is 14.4 Å². The molecule has 0 spiro atoms. The van der Waals surface area contributed by atoms with Gasteiger partial charge in [0.25, 0.3) is 17.4 Å². The van der Waals surface area contributed by atoms with Crippen molar-refractivity contribution in [2.24, 2.45) is 0 Å². The molecule has 1 unspecified atom stereocenters. The zero-order valence-electron chi connectivity index (χ0n) is 17.3. The van der Waals surface area contributed by atoms with Gasteiger partial charge in [-0.05, 0) is 36.8 Å². The lowest BCUT2D eigenvalue weighted by atomic mass is 10.1. The van der Waals surface area contributed by atoms with Gasteiger partial charge in [-0.15, -0.1) is 0 Å². The van der Waals surface area contributed by atoms with Crippen molar-refractivity contribution in [3.8, 4) is 0 Å². The highest BCUT2D eigenvalue weighted by molar-refractivity contribution is 7.99. The van der Waals surface area contributed by atoms with E-state index in [1.165, 1.54) is 16.7 Å². The predicted molar refractivity (Wildman–Crippen MR) is 124 cm³/mol. The van der Waals surface area contributed by atoms with Crippen molar-refractivity contribution >= 4 is 34.5 Å². The van der Waals surface area contributed by atoms with Crippen LogP contribution in [-0.2, 0) is 0 Å². The van der Waals surface area contributed by atoms with Crippen LogP contribution in [0, 0.1) is 0 Å². The third-order valence-corrected chi connectivity index (χ3v) is 6.58. The first-order valence-corrected chi connectivity index (χ1v) is 11.2. The van der Waals surface area contributed by atoms with Gasteiger partial charge < -0.3 is 0 Å². The summed E-state index contributed by atoms with van der Waals surface area (Å²) >= 11 is 1.21. The van der Waals surface area contributed by atoms with Gasteiger partial charge in [0, 0.05) is 0 Å². The van der Waals surface area contributed by atoms with Crippen molar-refractivity contribution in [3.05, 3.63) is 106 Å². The van der Waals surface area contributed by atoms with Crippen molar-refractivity contribution in [2.45, 2.75) is 18.1 Å². The van der Waals surface area contributed by atoms with Crippen molar-refractivity contribution in [3.63, 3.8) is 0 Å². The minimum absolute atomic E-state index is 0.0681. The first-order valence-electron chi connectivity index (χ1n) is 10.2. The second kappa shape index (κ2) is 8.09. The van der Waals surface area contributed by atoms with Gasteiger partial charge in [0.05, 0.1) is 33.9 Å². The molecule has 2 amide bonds. The van der Waals surface area contributed by atoms with E-state index in [0.29, 0.717) is 27.2 Å².